The lowest BCUT2D eigenvalue weighted by molar-refractivity contribution is 0.399. The van der Waals surface area contributed by atoms with Crippen LogP contribution in [0.4, 0.5) is 0 Å². The first-order chi connectivity index (χ1) is 5.88. The highest BCUT2D eigenvalue weighted by atomic mass is 15.4. The maximum absolute atomic E-state index is 3.98. The van der Waals surface area contributed by atoms with Gasteiger partial charge in [-0.3, -0.25) is 0 Å². The Labute approximate surface area is 73.0 Å². The first kappa shape index (κ1) is 9.19. The van der Waals surface area contributed by atoms with Gasteiger partial charge in [0, 0.05) is 6.20 Å². The van der Waals surface area contributed by atoms with E-state index in [4.69, 9.17) is 0 Å². The predicted octanol–water partition coefficient (Wildman–Crippen LogP) is 0.839. The molecule has 0 aliphatic rings. The van der Waals surface area contributed by atoms with Crippen LogP contribution in [0.3, 0.4) is 0 Å². The summed E-state index contributed by atoms with van der Waals surface area (Å²) in [6, 6.07) is 0.486. The van der Waals surface area contributed by atoms with Crippen LogP contribution in [0.2, 0.25) is 0 Å². The number of nitrogens with zero attached hydrogens (tertiary/aromatic N) is 3. The van der Waals surface area contributed by atoms with E-state index in [1.807, 2.05) is 17.9 Å². The lowest BCUT2D eigenvalue weighted by Crippen LogP contribution is -2.16. The highest BCUT2D eigenvalue weighted by Crippen LogP contribution is 2.12. The van der Waals surface area contributed by atoms with Crippen LogP contribution in [-0.4, -0.2) is 28.6 Å². The average Bonchev–Trinajstić information content (AvgIpc) is 2.59. The fourth-order valence-corrected chi connectivity index (χ4v) is 1.25. The van der Waals surface area contributed by atoms with Gasteiger partial charge >= 0.3 is 0 Å². The third-order valence-corrected chi connectivity index (χ3v) is 2.01. The Morgan fingerprint density at radius 3 is 2.92 bits per heavy atom. The normalized spacial score (nSPS) is 13.2. The topological polar surface area (TPSA) is 42.7 Å². The largest absolute Gasteiger partial charge is 0.320 e. The van der Waals surface area contributed by atoms with E-state index < -0.39 is 0 Å². The second-order valence-electron chi connectivity index (χ2n) is 2.84. The number of hydrogen-bond acceptors (Lipinski definition) is 3. The Balaban J connectivity index is 2.45. The van der Waals surface area contributed by atoms with Crippen molar-refractivity contribution in [2.75, 3.05) is 13.6 Å². The van der Waals surface area contributed by atoms with E-state index in [9.17, 15) is 0 Å². The molecule has 0 amide bonds. The molecule has 1 unspecified atom stereocenters. The number of rotatable bonds is 5. The van der Waals surface area contributed by atoms with Gasteiger partial charge in [-0.25, -0.2) is 4.68 Å². The molecule has 1 heterocycles. The van der Waals surface area contributed by atoms with Crippen LogP contribution in [-0.2, 0) is 0 Å². The monoisotopic (exact) mass is 168 g/mol. The fraction of sp³-hybridized carbons (Fsp3) is 0.750. The Morgan fingerprint density at radius 1 is 1.58 bits per heavy atom. The average molecular weight is 168 g/mol. The molecule has 1 aromatic rings. The Kier molecular flexibility index (Phi) is 3.73. The molecule has 0 aliphatic heterocycles. The van der Waals surface area contributed by atoms with E-state index in [2.05, 4.69) is 22.6 Å². The van der Waals surface area contributed by atoms with Crippen molar-refractivity contribution < 1.29 is 0 Å². The zero-order valence-corrected chi connectivity index (χ0v) is 7.70. The van der Waals surface area contributed by atoms with Crippen LogP contribution < -0.4 is 5.32 Å². The summed E-state index contributed by atoms with van der Waals surface area (Å²) in [6.45, 7) is 3.19. The quantitative estimate of drug-likeness (QED) is 0.708. The Bertz CT molecular complexity index is 195. The van der Waals surface area contributed by atoms with Gasteiger partial charge in [0.15, 0.2) is 0 Å². The van der Waals surface area contributed by atoms with Crippen molar-refractivity contribution in [1.29, 1.82) is 0 Å². The zero-order valence-electron chi connectivity index (χ0n) is 7.70. The number of hydrogen-bond donors (Lipinski definition) is 1. The minimum absolute atomic E-state index is 0.486. The van der Waals surface area contributed by atoms with Crippen molar-refractivity contribution in [3.8, 4) is 0 Å². The van der Waals surface area contributed by atoms with E-state index in [0.717, 1.165) is 19.4 Å². The van der Waals surface area contributed by atoms with Gasteiger partial charge in [-0.05, 0) is 26.4 Å². The summed E-state index contributed by atoms with van der Waals surface area (Å²) >= 11 is 0. The summed E-state index contributed by atoms with van der Waals surface area (Å²) in [5, 5.41) is 10.9. The van der Waals surface area contributed by atoms with E-state index in [1.165, 1.54) is 0 Å². The highest BCUT2D eigenvalue weighted by Gasteiger charge is 2.07. The van der Waals surface area contributed by atoms with Crippen LogP contribution in [0, 0.1) is 0 Å². The predicted molar refractivity (Wildman–Crippen MR) is 47.9 cm³/mol. The van der Waals surface area contributed by atoms with E-state index in [0.29, 0.717) is 6.04 Å². The van der Waals surface area contributed by atoms with Gasteiger partial charge in [0.05, 0.1) is 12.2 Å². The maximum atomic E-state index is 3.98. The molecule has 4 nitrogen and oxygen atoms in total. The molecule has 0 fully saturated rings. The molecule has 1 atom stereocenters. The molecule has 1 rings (SSSR count). The molecule has 1 N–H and O–H groups in total. The van der Waals surface area contributed by atoms with Crippen LogP contribution >= 0.6 is 0 Å². The summed E-state index contributed by atoms with van der Waals surface area (Å²) in [5.74, 6) is 0. The lowest BCUT2D eigenvalue weighted by atomic mass is 10.1. The standard InChI is InChI=1S/C8H16N4/c1-3-8(4-5-9-2)12-7-6-10-11-12/h6-9H,3-5H2,1-2H3. The van der Waals surface area contributed by atoms with Gasteiger partial charge < -0.3 is 5.32 Å². The van der Waals surface area contributed by atoms with Crippen molar-refractivity contribution in [2.45, 2.75) is 25.8 Å². The van der Waals surface area contributed by atoms with Crippen LogP contribution in [0.15, 0.2) is 12.4 Å². The number of aromatic nitrogens is 3. The zero-order chi connectivity index (χ0) is 8.81. The molecule has 68 valence electrons. The second-order valence-corrected chi connectivity index (χ2v) is 2.84. The molecule has 12 heavy (non-hydrogen) atoms. The molecule has 0 radical (unpaired) electrons. The van der Waals surface area contributed by atoms with Gasteiger partial charge in [-0.1, -0.05) is 12.1 Å². The second kappa shape index (κ2) is 4.87. The summed E-state index contributed by atoms with van der Waals surface area (Å²) in [5.41, 5.74) is 0. The minimum atomic E-state index is 0.486. The smallest absolute Gasteiger partial charge is 0.0693 e. The molecule has 0 saturated heterocycles. The minimum Gasteiger partial charge on any atom is -0.320 e. The van der Waals surface area contributed by atoms with Gasteiger partial charge in [0.25, 0.3) is 0 Å². The molecule has 0 saturated carbocycles. The molecule has 1 aromatic heterocycles. The Hall–Kier alpha value is -0.900. The van der Waals surface area contributed by atoms with E-state index >= 15 is 0 Å². The number of nitrogens with one attached hydrogen (secondary N) is 1. The van der Waals surface area contributed by atoms with Gasteiger partial charge in [-0.15, -0.1) is 5.10 Å². The molecular formula is C8H16N4. The lowest BCUT2D eigenvalue weighted by Gasteiger charge is -2.13. The first-order valence-electron chi connectivity index (χ1n) is 4.39. The molecule has 4 heteroatoms. The molecule has 0 aliphatic carbocycles. The Morgan fingerprint density at radius 2 is 2.42 bits per heavy atom. The van der Waals surface area contributed by atoms with Gasteiger partial charge in [0.1, 0.15) is 0 Å². The van der Waals surface area contributed by atoms with E-state index in [-0.39, 0.29) is 0 Å². The fourth-order valence-electron chi connectivity index (χ4n) is 1.25. The van der Waals surface area contributed by atoms with Crippen molar-refractivity contribution >= 4 is 0 Å². The SMILES string of the molecule is CCC(CCNC)n1ccnn1. The molecular weight excluding hydrogens is 152 g/mol. The van der Waals surface area contributed by atoms with Crippen LogP contribution in [0.25, 0.3) is 0 Å². The van der Waals surface area contributed by atoms with Crippen LogP contribution in [0.1, 0.15) is 25.8 Å². The highest BCUT2D eigenvalue weighted by molar-refractivity contribution is 4.71. The molecule has 0 aromatic carbocycles. The van der Waals surface area contributed by atoms with Crippen molar-refractivity contribution in [3.63, 3.8) is 0 Å². The third-order valence-electron chi connectivity index (χ3n) is 2.01. The van der Waals surface area contributed by atoms with E-state index in [1.54, 1.807) is 6.20 Å². The van der Waals surface area contributed by atoms with Gasteiger partial charge in [0.2, 0.25) is 0 Å². The summed E-state index contributed by atoms with van der Waals surface area (Å²) in [6.07, 6.45) is 5.85. The van der Waals surface area contributed by atoms with Crippen molar-refractivity contribution in [2.24, 2.45) is 0 Å². The van der Waals surface area contributed by atoms with Crippen molar-refractivity contribution in [1.82, 2.24) is 20.3 Å². The maximum Gasteiger partial charge on any atom is 0.0693 e. The van der Waals surface area contributed by atoms with Gasteiger partial charge in [-0.2, -0.15) is 0 Å². The summed E-state index contributed by atoms with van der Waals surface area (Å²) in [7, 11) is 1.97. The summed E-state index contributed by atoms with van der Waals surface area (Å²) in [4.78, 5) is 0. The van der Waals surface area contributed by atoms with Crippen LogP contribution in [0.5, 0.6) is 0 Å². The molecule has 0 bridgehead atoms. The van der Waals surface area contributed by atoms with Crippen molar-refractivity contribution in [3.05, 3.63) is 12.4 Å². The first-order valence-corrected chi connectivity index (χ1v) is 4.39. The summed E-state index contributed by atoms with van der Waals surface area (Å²) < 4.78 is 1.93. The molecule has 0 spiro atoms. The third kappa shape index (κ3) is 2.30.